The Hall–Kier alpha value is -2.32. The van der Waals surface area contributed by atoms with Gasteiger partial charge in [-0.2, -0.15) is 0 Å². The quantitative estimate of drug-likeness (QED) is 0.289. The molecular weight excluding hydrogens is 290 g/mol. The Morgan fingerprint density at radius 3 is 2.55 bits per heavy atom. The van der Waals surface area contributed by atoms with Gasteiger partial charge in [0, 0.05) is 6.54 Å². The van der Waals surface area contributed by atoms with Crippen LogP contribution in [0.15, 0.2) is 9.98 Å². The second-order valence-electron chi connectivity index (χ2n) is 5.51. The molecule has 9 heteroatoms. The van der Waals surface area contributed by atoms with Gasteiger partial charge in [-0.15, -0.1) is 0 Å². The lowest BCUT2D eigenvalue weighted by molar-refractivity contribution is -0.139. The number of carboxylic acids is 1. The van der Waals surface area contributed by atoms with Gasteiger partial charge in [0.1, 0.15) is 18.3 Å². The lowest BCUT2D eigenvalue weighted by Gasteiger charge is -2.22. The maximum atomic E-state index is 11.6. The number of rotatable bonds is 8. The van der Waals surface area contributed by atoms with Gasteiger partial charge in [-0.05, 0) is 40.3 Å². The minimum atomic E-state index is -1.12. The van der Waals surface area contributed by atoms with Crippen LogP contribution in [-0.4, -0.2) is 54.7 Å². The molecule has 0 aromatic heterocycles. The number of aliphatic carboxylic acids is 1. The van der Waals surface area contributed by atoms with Crippen molar-refractivity contribution in [3.63, 3.8) is 0 Å². The van der Waals surface area contributed by atoms with Crippen molar-refractivity contribution in [2.75, 3.05) is 13.2 Å². The summed E-state index contributed by atoms with van der Waals surface area (Å²) in [4.78, 5) is 30.0. The Balaban J connectivity index is 4.18. The minimum Gasteiger partial charge on any atom is -0.480 e. The van der Waals surface area contributed by atoms with Gasteiger partial charge in [0.05, 0.1) is 0 Å². The van der Waals surface area contributed by atoms with Crippen molar-refractivity contribution in [2.24, 2.45) is 15.7 Å². The number of hydrogen-bond donors (Lipinski definition) is 4. The summed E-state index contributed by atoms with van der Waals surface area (Å²) in [6, 6.07) is -1.02. The van der Waals surface area contributed by atoms with Gasteiger partial charge >= 0.3 is 12.1 Å². The molecule has 5 N–H and O–H groups in total. The SMILES string of the molecule is C=NCN=C(N)NCCCC(NC(=O)OC(C)(C)C)C(=O)O. The fourth-order valence-corrected chi connectivity index (χ4v) is 1.41. The van der Waals surface area contributed by atoms with E-state index < -0.39 is 23.7 Å². The van der Waals surface area contributed by atoms with Gasteiger partial charge in [-0.25, -0.2) is 14.6 Å². The van der Waals surface area contributed by atoms with Crippen molar-refractivity contribution in [3.05, 3.63) is 0 Å². The number of aliphatic imine (C=N–C) groups is 2. The van der Waals surface area contributed by atoms with Crippen LogP contribution in [-0.2, 0) is 9.53 Å². The molecule has 0 bridgehead atoms. The van der Waals surface area contributed by atoms with Gasteiger partial charge in [0.15, 0.2) is 5.96 Å². The summed E-state index contributed by atoms with van der Waals surface area (Å²) in [6.07, 6.45) is -0.0509. The third kappa shape index (κ3) is 10.5. The van der Waals surface area contributed by atoms with Crippen LogP contribution in [0.2, 0.25) is 0 Å². The molecule has 0 aliphatic heterocycles. The van der Waals surface area contributed by atoms with Crippen LogP contribution in [0, 0.1) is 0 Å². The molecule has 126 valence electrons. The molecule has 1 atom stereocenters. The summed E-state index contributed by atoms with van der Waals surface area (Å²) in [6.45, 7) is 8.96. The predicted octanol–water partition coefficient (Wildman–Crippen LogP) is 0.307. The van der Waals surface area contributed by atoms with Crippen LogP contribution in [0.1, 0.15) is 33.6 Å². The minimum absolute atomic E-state index is 0.163. The van der Waals surface area contributed by atoms with Crippen LogP contribution in [0.25, 0.3) is 0 Å². The molecule has 1 unspecified atom stereocenters. The fourth-order valence-electron chi connectivity index (χ4n) is 1.41. The van der Waals surface area contributed by atoms with Crippen molar-refractivity contribution >= 4 is 24.7 Å². The zero-order chi connectivity index (χ0) is 17.2. The molecule has 0 fully saturated rings. The molecule has 0 aliphatic rings. The fraction of sp³-hybridized carbons (Fsp3) is 0.692. The molecule has 0 aromatic rings. The van der Waals surface area contributed by atoms with E-state index in [1.165, 1.54) is 0 Å². The highest BCUT2D eigenvalue weighted by atomic mass is 16.6. The van der Waals surface area contributed by atoms with Crippen LogP contribution in [0.5, 0.6) is 0 Å². The van der Waals surface area contributed by atoms with Gasteiger partial charge in [-0.3, -0.25) is 4.99 Å². The van der Waals surface area contributed by atoms with Crippen LogP contribution >= 0.6 is 0 Å². The standard InChI is InChI=1S/C13H25N5O4/c1-13(2,3)22-12(21)18-9(10(19)20)6-5-7-16-11(14)17-8-15-4/h9H,4-8H2,1-3H3,(H,18,21)(H,19,20)(H3,14,16,17). The van der Waals surface area contributed by atoms with Gasteiger partial charge in [0.2, 0.25) is 0 Å². The van der Waals surface area contributed by atoms with Crippen molar-refractivity contribution in [2.45, 2.75) is 45.3 Å². The number of carbonyl (C=O) groups excluding carboxylic acids is 1. The van der Waals surface area contributed by atoms with Gasteiger partial charge in [-0.1, -0.05) is 0 Å². The number of carboxylic acid groups (broad SMARTS) is 1. The second kappa shape index (κ2) is 9.59. The molecule has 0 radical (unpaired) electrons. The summed E-state index contributed by atoms with van der Waals surface area (Å²) in [5.74, 6) is -0.914. The van der Waals surface area contributed by atoms with E-state index in [1.807, 2.05) is 0 Å². The Morgan fingerprint density at radius 2 is 2.05 bits per heavy atom. The number of nitrogens with one attached hydrogen (secondary N) is 2. The number of carbonyl (C=O) groups is 2. The van der Waals surface area contributed by atoms with Crippen molar-refractivity contribution in [3.8, 4) is 0 Å². The van der Waals surface area contributed by atoms with Crippen molar-refractivity contribution < 1.29 is 19.4 Å². The van der Waals surface area contributed by atoms with Crippen LogP contribution in [0.3, 0.4) is 0 Å². The largest absolute Gasteiger partial charge is 0.480 e. The highest BCUT2D eigenvalue weighted by molar-refractivity contribution is 5.80. The van der Waals surface area contributed by atoms with Crippen LogP contribution in [0.4, 0.5) is 4.79 Å². The molecule has 0 spiro atoms. The monoisotopic (exact) mass is 315 g/mol. The number of nitrogens with zero attached hydrogens (tertiary/aromatic N) is 2. The zero-order valence-corrected chi connectivity index (χ0v) is 13.3. The van der Waals surface area contributed by atoms with Gasteiger partial charge in [0.25, 0.3) is 0 Å². The highest BCUT2D eigenvalue weighted by Crippen LogP contribution is 2.07. The molecule has 0 aromatic carbocycles. The molecule has 0 aliphatic carbocycles. The number of guanidine groups is 1. The third-order valence-corrected chi connectivity index (χ3v) is 2.31. The summed E-state index contributed by atoms with van der Waals surface area (Å²) < 4.78 is 5.02. The maximum absolute atomic E-state index is 11.6. The first-order valence-corrected chi connectivity index (χ1v) is 6.84. The molecule has 0 saturated carbocycles. The summed E-state index contributed by atoms with van der Waals surface area (Å²) in [5.41, 5.74) is 4.85. The molecule has 22 heavy (non-hydrogen) atoms. The lowest BCUT2D eigenvalue weighted by atomic mass is 10.1. The smallest absolute Gasteiger partial charge is 0.408 e. The number of nitrogens with two attached hydrogens (primary N) is 1. The number of hydrogen-bond acceptors (Lipinski definition) is 5. The summed E-state index contributed by atoms with van der Waals surface area (Å²) in [7, 11) is 0. The van der Waals surface area contributed by atoms with Crippen LogP contribution < -0.4 is 16.4 Å². The normalized spacial score (nSPS) is 13.1. The Bertz CT molecular complexity index is 417. The molecule has 1 amide bonds. The molecule has 0 rings (SSSR count). The van der Waals surface area contributed by atoms with E-state index >= 15 is 0 Å². The highest BCUT2D eigenvalue weighted by Gasteiger charge is 2.23. The first-order valence-electron chi connectivity index (χ1n) is 6.84. The molecule has 0 heterocycles. The van der Waals surface area contributed by atoms with Crippen molar-refractivity contribution in [1.82, 2.24) is 10.6 Å². The summed E-state index contributed by atoms with van der Waals surface area (Å²) >= 11 is 0. The predicted molar refractivity (Wildman–Crippen MR) is 84.1 cm³/mol. The number of ether oxygens (including phenoxy) is 1. The Morgan fingerprint density at radius 1 is 1.41 bits per heavy atom. The Labute approximate surface area is 130 Å². The van der Waals surface area contributed by atoms with E-state index in [-0.39, 0.29) is 19.0 Å². The van der Waals surface area contributed by atoms with E-state index in [4.69, 9.17) is 15.6 Å². The first kappa shape index (κ1) is 19.7. The summed E-state index contributed by atoms with van der Waals surface area (Å²) in [5, 5.41) is 14.2. The van der Waals surface area contributed by atoms with E-state index in [9.17, 15) is 9.59 Å². The Kier molecular flexibility index (Phi) is 8.58. The third-order valence-electron chi connectivity index (χ3n) is 2.31. The van der Waals surface area contributed by atoms with E-state index in [2.05, 4.69) is 27.3 Å². The topological polar surface area (TPSA) is 138 Å². The van der Waals surface area contributed by atoms with E-state index in [0.717, 1.165) is 0 Å². The van der Waals surface area contributed by atoms with Crippen molar-refractivity contribution in [1.29, 1.82) is 0 Å². The average molecular weight is 315 g/mol. The first-order chi connectivity index (χ1) is 10.2. The second-order valence-corrected chi connectivity index (χ2v) is 5.51. The maximum Gasteiger partial charge on any atom is 0.408 e. The number of amides is 1. The molecule has 9 nitrogen and oxygen atoms in total. The van der Waals surface area contributed by atoms with E-state index in [0.29, 0.717) is 13.0 Å². The lowest BCUT2D eigenvalue weighted by Crippen LogP contribution is -2.44. The molecule has 0 saturated heterocycles. The van der Waals surface area contributed by atoms with E-state index in [1.54, 1.807) is 20.8 Å². The number of alkyl carbamates (subject to hydrolysis) is 1. The molecular formula is C13H25N5O4. The average Bonchev–Trinajstić information content (AvgIpc) is 2.37. The zero-order valence-electron chi connectivity index (χ0n) is 13.3. The van der Waals surface area contributed by atoms with Gasteiger partial charge < -0.3 is 26.2 Å².